The van der Waals surface area contributed by atoms with E-state index in [0.717, 1.165) is 5.75 Å². The summed E-state index contributed by atoms with van der Waals surface area (Å²) in [4.78, 5) is 24.1. The standard InChI is InChI=1S/C24H24N2O5/c1-3-13-26-24(28)19(17-25)15-18-11-12-21(22(16-18)29-2)31-23(27)10-7-14-30-20-8-5-4-6-9-20/h3-6,8-9,11-12,15-16H,1,7,10,13-14H2,2H3,(H,26,28)/b19-15+. The van der Waals surface area contributed by atoms with Crippen molar-refractivity contribution in [1.29, 1.82) is 5.26 Å². The molecule has 0 fully saturated rings. The van der Waals surface area contributed by atoms with Gasteiger partial charge in [0.05, 0.1) is 13.7 Å². The number of nitrogens with one attached hydrogen (secondary N) is 1. The molecule has 2 rings (SSSR count). The highest BCUT2D eigenvalue weighted by molar-refractivity contribution is 6.01. The Labute approximate surface area is 181 Å². The molecule has 160 valence electrons. The minimum Gasteiger partial charge on any atom is -0.494 e. The van der Waals surface area contributed by atoms with E-state index in [4.69, 9.17) is 14.2 Å². The summed E-state index contributed by atoms with van der Waals surface area (Å²) in [5.41, 5.74) is 0.491. The fourth-order valence-electron chi connectivity index (χ4n) is 2.53. The lowest BCUT2D eigenvalue weighted by molar-refractivity contribution is -0.134. The first kappa shape index (κ1) is 23.2. The zero-order chi connectivity index (χ0) is 22.5. The van der Waals surface area contributed by atoms with Gasteiger partial charge in [0.15, 0.2) is 11.5 Å². The largest absolute Gasteiger partial charge is 0.494 e. The van der Waals surface area contributed by atoms with Gasteiger partial charge in [-0.25, -0.2) is 0 Å². The average Bonchev–Trinajstić information content (AvgIpc) is 2.80. The molecule has 7 heteroatoms. The van der Waals surface area contributed by atoms with Crippen LogP contribution in [0.1, 0.15) is 18.4 Å². The van der Waals surface area contributed by atoms with Crippen molar-refractivity contribution in [2.75, 3.05) is 20.3 Å². The first-order chi connectivity index (χ1) is 15.1. The quantitative estimate of drug-likeness (QED) is 0.149. The normalized spacial score (nSPS) is 10.5. The smallest absolute Gasteiger partial charge is 0.311 e. The lowest BCUT2D eigenvalue weighted by Crippen LogP contribution is -2.24. The summed E-state index contributed by atoms with van der Waals surface area (Å²) in [6.45, 7) is 4.16. The van der Waals surface area contributed by atoms with E-state index >= 15 is 0 Å². The summed E-state index contributed by atoms with van der Waals surface area (Å²) < 4.78 is 16.2. The first-order valence-electron chi connectivity index (χ1n) is 9.64. The number of ether oxygens (including phenoxy) is 3. The van der Waals surface area contributed by atoms with Crippen molar-refractivity contribution >= 4 is 18.0 Å². The SMILES string of the molecule is C=CCNC(=O)/C(C#N)=C/c1ccc(OC(=O)CCCOc2ccccc2)c(OC)c1. The molecule has 0 unspecified atom stereocenters. The maximum Gasteiger partial charge on any atom is 0.311 e. The molecular weight excluding hydrogens is 396 g/mol. The number of esters is 1. The summed E-state index contributed by atoms with van der Waals surface area (Å²) in [7, 11) is 1.44. The van der Waals surface area contributed by atoms with Crippen LogP contribution in [-0.4, -0.2) is 32.1 Å². The Morgan fingerprint density at radius 2 is 1.94 bits per heavy atom. The van der Waals surface area contributed by atoms with Crippen molar-refractivity contribution < 1.29 is 23.8 Å². The van der Waals surface area contributed by atoms with E-state index in [1.807, 2.05) is 36.4 Å². The highest BCUT2D eigenvalue weighted by Gasteiger charge is 2.12. The van der Waals surface area contributed by atoms with Gasteiger partial charge in [0.25, 0.3) is 5.91 Å². The number of amides is 1. The summed E-state index contributed by atoms with van der Waals surface area (Å²) in [6.07, 6.45) is 3.63. The number of hydrogen-bond donors (Lipinski definition) is 1. The zero-order valence-electron chi connectivity index (χ0n) is 17.3. The fourth-order valence-corrected chi connectivity index (χ4v) is 2.53. The summed E-state index contributed by atoms with van der Waals surface area (Å²) in [5.74, 6) is 0.389. The highest BCUT2D eigenvalue weighted by atomic mass is 16.6. The molecule has 0 aliphatic heterocycles. The van der Waals surface area contributed by atoms with E-state index < -0.39 is 11.9 Å². The van der Waals surface area contributed by atoms with Crippen LogP contribution in [0.4, 0.5) is 0 Å². The molecule has 0 spiro atoms. The molecule has 0 radical (unpaired) electrons. The number of para-hydroxylation sites is 1. The van der Waals surface area contributed by atoms with Crippen LogP contribution in [0.2, 0.25) is 0 Å². The molecule has 2 aromatic carbocycles. The number of carbonyl (C=O) groups is 2. The number of nitriles is 1. The predicted molar refractivity (Wildman–Crippen MR) is 117 cm³/mol. The van der Waals surface area contributed by atoms with Gasteiger partial charge >= 0.3 is 5.97 Å². The maximum absolute atomic E-state index is 12.1. The van der Waals surface area contributed by atoms with Crippen LogP contribution in [0.15, 0.2) is 66.8 Å². The summed E-state index contributed by atoms with van der Waals surface area (Å²) in [6, 6.07) is 16.0. The van der Waals surface area contributed by atoms with Crippen LogP contribution < -0.4 is 19.5 Å². The van der Waals surface area contributed by atoms with Crippen molar-refractivity contribution in [3.63, 3.8) is 0 Å². The van der Waals surface area contributed by atoms with Crippen LogP contribution in [0.3, 0.4) is 0 Å². The number of hydrogen-bond acceptors (Lipinski definition) is 6. The highest BCUT2D eigenvalue weighted by Crippen LogP contribution is 2.29. The fraction of sp³-hybridized carbons (Fsp3) is 0.208. The molecule has 7 nitrogen and oxygen atoms in total. The molecule has 31 heavy (non-hydrogen) atoms. The zero-order valence-corrected chi connectivity index (χ0v) is 17.3. The lowest BCUT2D eigenvalue weighted by atomic mass is 10.1. The van der Waals surface area contributed by atoms with E-state index in [1.54, 1.807) is 18.2 Å². The third kappa shape index (κ3) is 7.71. The Balaban J connectivity index is 1.95. The third-order valence-electron chi connectivity index (χ3n) is 4.03. The van der Waals surface area contributed by atoms with Crippen LogP contribution in [0.5, 0.6) is 17.2 Å². The van der Waals surface area contributed by atoms with Gasteiger partial charge in [-0.3, -0.25) is 9.59 Å². The second kappa shape index (κ2) is 12.5. The molecule has 1 amide bonds. The van der Waals surface area contributed by atoms with Crippen molar-refractivity contribution in [2.45, 2.75) is 12.8 Å². The van der Waals surface area contributed by atoms with Gasteiger partial charge in [0.1, 0.15) is 17.4 Å². The third-order valence-corrected chi connectivity index (χ3v) is 4.03. The van der Waals surface area contributed by atoms with E-state index in [1.165, 1.54) is 19.3 Å². The predicted octanol–water partition coefficient (Wildman–Crippen LogP) is 3.67. The van der Waals surface area contributed by atoms with E-state index in [2.05, 4.69) is 11.9 Å². The molecule has 0 bridgehead atoms. The Bertz CT molecular complexity index is 977. The number of carbonyl (C=O) groups excluding carboxylic acids is 2. The van der Waals surface area contributed by atoms with Crippen LogP contribution in [0.25, 0.3) is 6.08 Å². The number of nitrogens with zero attached hydrogens (tertiary/aromatic N) is 1. The molecule has 2 aromatic rings. The van der Waals surface area contributed by atoms with Crippen molar-refractivity contribution in [1.82, 2.24) is 5.32 Å². The number of benzene rings is 2. The topological polar surface area (TPSA) is 97.7 Å². The summed E-state index contributed by atoms with van der Waals surface area (Å²) in [5, 5.41) is 11.8. The Morgan fingerprint density at radius 3 is 2.61 bits per heavy atom. The second-order valence-electron chi connectivity index (χ2n) is 6.32. The van der Waals surface area contributed by atoms with Crippen molar-refractivity contribution in [3.8, 4) is 23.3 Å². The molecular formula is C24H24N2O5. The van der Waals surface area contributed by atoms with Crippen molar-refractivity contribution in [2.24, 2.45) is 0 Å². The van der Waals surface area contributed by atoms with Gasteiger partial charge in [-0.15, -0.1) is 6.58 Å². The molecule has 0 saturated carbocycles. The van der Waals surface area contributed by atoms with Gasteiger partial charge < -0.3 is 19.5 Å². The van der Waals surface area contributed by atoms with Gasteiger partial charge in [-0.1, -0.05) is 30.3 Å². The minimum atomic E-state index is -0.505. The molecule has 0 aromatic heterocycles. The Hall–Kier alpha value is -4.05. The van der Waals surface area contributed by atoms with E-state index in [0.29, 0.717) is 24.3 Å². The minimum absolute atomic E-state index is 0.0629. The molecule has 0 aliphatic carbocycles. The van der Waals surface area contributed by atoms with Gasteiger partial charge in [0.2, 0.25) is 0 Å². The maximum atomic E-state index is 12.1. The molecule has 0 saturated heterocycles. The Morgan fingerprint density at radius 1 is 1.16 bits per heavy atom. The summed E-state index contributed by atoms with van der Waals surface area (Å²) >= 11 is 0. The number of rotatable bonds is 11. The van der Waals surface area contributed by atoms with Gasteiger partial charge in [0, 0.05) is 13.0 Å². The molecule has 0 aliphatic rings. The number of methoxy groups -OCH3 is 1. The van der Waals surface area contributed by atoms with Crippen molar-refractivity contribution in [3.05, 3.63) is 72.3 Å². The lowest BCUT2D eigenvalue weighted by Gasteiger charge is -2.10. The van der Waals surface area contributed by atoms with Crippen LogP contribution >= 0.6 is 0 Å². The van der Waals surface area contributed by atoms with Crippen LogP contribution in [-0.2, 0) is 9.59 Å². The van der Waals surface area contributed by atoms with Gasteiger partial charge in [-0.2, -0.15) is 5.26 Å². The van der Waals surface area contributed by atoms with Crippen LogP contribution in [0, 0.1) is 11.3 Å². The monoisotopic (exact) mass is 420 g/mol. The van der Waals surface area contributed by atoms with Gasteiger partial charge in [-0.05, 0) is 42.3 Å². The molecule has 0 atom stereocenters. The second-order valence-corrected chi connectivity index (χ2v) is 6.32. The Kier molecular flexibility index (Phi) is 9.37. The van der Waals surface area contributed by atoms with E-state index in [-0.39, 0.29) is 24.3 Å². The molecule has 0 heterocycles. The average molecular weight is 420 g/mol. The first-order valence-corrected chi connectivity index (χ1v) is 9.64. The van der Waals surface area contributed by atoms with E-state index in [9.17, 15) is 14.9 Å². The molecule has 1 N–H and O–H groups in total.